The summed E-state index contributed by atoms with van der Waals surface area (Å²) in [6.07, 6.45) is 7.20. The SMILES string of the molecule is CC(C)c1cn(C2CCOCC2)nc1C1CC1. The van der Waals surface area contributed by atoms with Crippen LogP contribution in [0, 0.1) is 0 Å². The molecule has 94 valence electrons. The van der Waals surface area contributed by atoms with E-state index in [4.69, 9.17) is 9.84 Å². The maximum atomic E-state index is 5.42. The van der Waals surface area contributed by atoms with Crippen LogP contribution in [-0.2, 0) is 4.74 Å². The van der Waals surface area contributed by atoms with Crippen LogP contribution < -0.4 is 0 Å². The van der Waals surface area contributed by atoms with Gasteiger partial charge in [0.1, 0.15) is 0 Å². The third kappa shape index (κ3) is 2.25. The molecule has 0 radical (unpaired) electrons. The van der Waals surface area contributed by atoms with Gasteiger partial charge in [-0.2, -0.15) is 5.10 Å². The molecule has 3 rings (SSSR count). The van der Waals surface area contributed by atoms with Crippen molar-refractivity contribution >= 4 is 0 Å². The summed E-state index contributed by atoms with van der Waals surface area (Å²) in [6, 6.07) is 0.564. The number of aromatic nitrogens is 2. The number of rotatable bonds is 3. The minimum atomic E-state index is 0.564. The molecule has 17 heavy (non-hydrogen) atoms. The molecule has 0 bridgehead atoms. The highest BCUT2D eigenvalue weighted by Crippen LogP contribution is 2.43. The topological polar surface area (TPSA) is 27.1 Å². The average molecular weight is 234 g/mol. The summed E-state index contributed by atoms with van der Waals surface area (Å²) >= 11 is 0. The second-order valence-corrected chi connectivity index (χ2v) is 5.72. The first-order valence-electron chi connectivity index (χ1n) is 6.92. The molecule has 0 aromatic carbocycles. The molecule has 2 aliphatic rings. The quantitative estimate of drug-likeness (QED) is 0.802. The van der Waals surface area contributed by atoms with Crippen LogP contribution in [0.3, 0.4) is 0 Å². The van der Waals surface area contributed by atoms with Crippen molar-refractivity contribution < 1.29 is 4.74 Å². The van der Waals surface area contributed by atoms with Crippen LogP contribution in [0.15, 0.2) is 6.20 Å². The summed E-state index contributed by atoms with van der Waals surface area (Å²) in [5.74, 6) is 1.35. The first-order chi connectivity index (χ1) is 8.25. The molecule has 0 unspecified atom stereocenters. The highest BCUT2D eigenvalue weighted by Gasteiger charge is 2.31. The summed E-state index contributed by atoms with van der Waals surface area (Å²) in [5.41, 5.74) is 2.85. The minimum Gasteiger partial charge on any atom is -0.381 e. The van der Waals surface area contributed by atoms with Crippen LogP contribution in [0.4, 0.5) is 0 Å². The van der Waals surface area contributed by atoms with Gasteiger partial charge < -0.3 is 4.74 Å². The van der Waals surface area contributed by atoms with Crippen molar-refractivity contribution in [3.8, 4) is 0 Å². The van der Waals surface area contributed by atoms with E-state index in [9.17, 15) is 0 Å². The molecule has 0 N–H and O–H groups in total. The summed E-state index contributed by atoms with van der Waals surface area (Å²) in [6.45, 7) is 6.33. The van der Waals surface area contributed by atoms with Gasteiger partial charge in [0.2, 0.25) is 0 Å². The zero-order valence-electron chi connectivity index (χ0n) is 10.9. The van der Waals surface area contributed by atoms with E-state index in [1.807, 2.05) is 0 Å². The second kappa shape index (κ2) is 4.45. The van der Waals surface area contributed by atoms with Crippen LogP contribution >= 0.6 is 0 Å². The van der Waals surface area contributed by atoms with Crippen molar-refractivity contribution in [3.63, 3.8) is 0 Å². The van der Waals surface area contributed by atoms with Crippen LogP contribution in [0.2, 0.25) is 0 Å². The van der Waals surface area contributed by atoms with E-state index in [0.29, 0.717) is 12.0 Å². The Kier molecular flexibility index (Phi) is 2.95. The Balaban J connectivity index is 1.86. The van der Waals surface area contributed by atoms with Gasteiger partial charge in [-0.05, 0) is 37.2 Å². The minimum absolute atomic E-state index is 0.564. The van der Waals surface area contributed by atoms with Gasteiger partial charge in [-0.15, -0.1) is 0 Å². The Morgan fingerprint density at radius 2 is 1.94 bits per heavy atom. The molecule has 0 atom stereocenters. The maximum absolute atomic E-state index is 5.42. The summed E-state index contributed by atoms with van der Waals surface area (Å²) < 4.78 is 7.65. The van der Waals surface area contributed by atoms with E-state index in [1.54, 1.807) is 0 Å². The lowest BCUT2D eigenvalue weighted by Crippen LogP contribution is -2.20. The van der Waals surface area contributed by atoms with E-state index in [2.05, 4.69) is 24.7 Å². The fourth-order valence-corrected chi connectivity index (χ4v) is 2.68. The summed E-state index contributed by atoms with van der Waals surface area (Å²) in [4.78, 5) is 0. The monoisotopic (exact) mass is 234 g/mol. The average Bonchev–Trinajstić information content (AvgIpc) is 3.09. The van der Waals surface area contributed by atoms with Gasteiger partial charge in [-0.25, -0.2) is 0 Å². The van der Waals surface area contributed by atoms with Crippen molar-refractivity contribution in [1.29, 1.82) is 0 Å². The van der Waals surface area contributed by atoms with Gasteiger partial charge in [0.25, 0.3) is 0 Å². The van der Waals surface area contributed by atoms with E-state index >= 15 is 0 Å². The Morgan fingerprint density at radius 3 is 2.53 bits per heavy atom. The maximum Gasteiger partial charge on any atom is 0.0690 e. The van der Waals surface area contributed by atoms with Crippen molar-refractivity contribution in [3.05, 3.63) is 17.5 Å². The lowest BCUT2D eigenvalue weighted by Gasteiger charge is -2.22. The Morgan fingerprint density at radius 1 is 1.24 bits per heavy atom. The molecule has 1 aromatic rings. The molecule has 2 fully saturated rings. The molecule has 0 amide bonds. The van der Waals surface area contributed by atoms with E-state index < -0.39 is 0 Å². The number of hydrogen-bond acceptors (Lipinski definition) is 2. The van der Waals surface area contributed by atoms with Crippen molar-refractivity contribution in [2.75, 3.05) is 13.2 Å². The van der Waals surface area contributed by atoms with E-state index in [1.165, 1.54) is 24.1 Å². The van der Waals surface area contributed by atoms with Gasteiger partial charge in [-0.1, -0.05) is 13.8 Å². The highest BCUT2D eigenvalue weighted by atomic mass is 16.5. The molecule has 3 nitrogen and oxygen atoms in total. The van der Waals surface area contributed by atoms with Crippen molar-refractivity contribution in [1.82, 2.24) is 9.78 Å². The fraction of sp³-hybridized carbons (Fsp3) is 0.786. The Labute approximate surface area is 103 Å². The molecule has 3 heteroatoms. The summed E-state index contributed by atoms with van der Waals surface area (Å²) in [5, 5.41) is 4.88. The van der Waals surface area contributed by atoms with Gasteiger partial charge in [0.05, 0.1) is 11.7 Å². The zero-order valence-corrected chi connectivity index (χ0v) is 10.9. The van der Waals surface area contributed by atoms with Crippen LogP contribution in [0.25, 0.3) is 0 Å². The lowest BCUT2D eigenvalue weighted by molar-refractivity contribution is 0.0661. The van der Waals surface area contributed by atoms with Crippen molar-refractivity contribution in [2.24, 2.45) is 0 Å². The normalized spacial score (nSPS) is 22.3. The van der Waals surface area contributed by atoms with Gasteiger partial charge in [-0.3, -0.25) is 4.68 Å². The third-order valence-electron chi connectivity index (χ3n) is 3.94. The molecule has 1 aliphatic carbocycles. The second-order valence-electron chi connectivity index (χ2n) is 5.72. The van der Waals surface area contributed by atoms with Gasteiger partial charge in [0.15, 0.2) is 0 Å². The Hall–Kier alpha value is -0.830. The molecule has 1 saturated carbocycles. The lowest BCUT2D eigenvalue weighted by atomic mass is 10.0. The standard InChI is InChI=1S/C14H22N2O/c1-10(2)13-9-16(12-5-7-17-8-6-12)15-14(13)11-3-4-11/h9-12H,3-8H2,1-2H3. The molecule has 1 aromatic heterocycles. The predicted octanol–water partition coefficient (Wildman–Crippen LogP) is 3.24. The highest BCUT2D eigenvalue weighted by molar-refractivity contribution is 5.27. The van der Waals surface area contributed by atoms with Gasteiger partial charge >= 0.3 is 0 Å². The first kappa shape index (κ1) is 11.3. The van der Waals surface area contributed by atoms with Gasteiger partial charge in [0, 0.05) is 25.3 Å². The molecular formula is C14H22N2O. The summed E-state index contributed by atoms with van der Waals surface area (Å²) in [7, 11) is 0. The number of hydrogen-bond donors (Lipinski definition) is 0. The van der Waals surface area contributed by atoms with E-state index in [0.717, 1.165) is 32.0 Å². The smallest absolute Gasteiger partial charge is 0.0690 e. The number of ether oxygens (including phenoxy) is 1. The molecule has 1 saturated heterocycles. The Bertz CT molecular complexity index is 367. The van der Waals surface area contributed by atoms with Crippen molar-refractivity contribution in [2.45, 2.75) is 57.4 Å². The molecule has 0 spiro atoms. The zero-order chi connectivity index (χ0) is 11.8. The van der Waals surface area contributed by atoms with E-state index in [-0.39, 0.29) is 0 Å². The van der Waals surface area contributed by atoms with Crippen LogP contribution in [-0.4, -0.2) is 23.0 Å². The number of nitrogens with zero attached hydrogens (tertiary/aromatic N) is 2. The third-order valence-corrected chi connectivity index (χ3v) is 3.94. The predicted molar refractivity (Wildman–Crippen MR) is 67.4 cm³/mol. The van der Waals surface area contributed by atoms with Crippen LogP contribution in [0.1, 0.15) is 68.7 Å². The molecule has 1 aliphatic heterocycles. The van der Waals surface area contributed by atoms with Crippen LogP contribution in [0.5, 0.6) is 0 Å². The molecular weight excluding hydrogens is 212 g/mol. The first-order valence-corrected chi connectivity index (χ1v) is 6.92. The largest absolute Gasteiger partial charge is 0.381 e. The fourth-order valence-electron chi connectivity index (χ4n) is 2.68. The molecule has 2 heterocycles.